The van der Waals surface area contributed by atoms with Gasteiger partial charge >= 0.3 is 0 Å². The molecule has 0 saturated heterocycles. The molecule has 0 aliphatic carbocycles. The molecule has 0 amide bonds. The van der Waals surface area contributed by atoms with Crippen molar-refractivity contribution < 1.29 is 0 Å². The molecule has 100 valence electrons. The Morgan fingerprint density at radius 1 is 1.10 bits per heavy atom. The number of aromatic nitrogens is 4. The van der Waals surface area contributed by atoms with Crippen LogP contribution in [0.25, 0.3) is 17.1 Å². The van der Waals surface area contributed by atoms with Crippen molar-refractivity contribution in [2.24, 2.45) is 0 Å². The second-order valence-electron chi connectivity index (χ2n) is 4.24. The minimum Gasteiger partial charge on any atom is -0.399 e. The van der Waals surface area contributed by atoms with Gasteiger partial charge in [-0.3, -0.25) is 0 Å². The number of rotatable bonds is 3. The van der Waals surface area contributed by atoms with Crippen LogP contribution in [0.15, 0.2) is 53.4 Å². The second kappa shape index (κ2) is 5.34. The molecular formula is C14H13N5S. The monoisotopic (exact) mass is 283 g/mol. The van der Waals surface area contributed by atoms with Crippen LogP contribution in [0.4, 0.5) is 5.69 Å². The van der Waals surface area contributed by atoms with Crippen LogP contribution in [0.1, 0.15) is 0 Å². The van der Waals surface area contributed by atoms with Crippen molar-refractivity contribution in [3.8, 4) is 17.1 Å². The molecule has 20 heavy (non-hydrogen) atoms. The fraction of sp³-hybridized carbons (Fsp3) is 0.0714. The SMILES string of the molecule is CSc1cccc(-n2nnnc2-c2ccc(N)cc2)c1. The lowest BCUT2D eigenvalue weighted by atomic mass is 10.2. The van der Waals surface area contributed by atoms with E-state index in [0.717, 1.165) is 16.9 Å². The Morgan fingerprint density at radius 2 is 1.90 bits per heavy atom. The quantitative estimate of drug-likeness (QED) is 0.591. The molecule has 3 aromatic rings. The van der Waals surface area contributed by atoms with Crippen molar-refractivity contribution >= 4 is 17.4 Å². The van der Waals surface area contributed by atoms with Crippen molar-refractivity contribution in [3.05, 3.63) is 48.5 Å². The normalized spacial score (nSPS) is 10.7. The summed E-state index contributed by atoms with van der Waals surface area (Å²) in [5.74, 6) is 0.697. The summed E-state index contributed by atoms with van der Waals surface area (Å²) in [4.78, 5) is 1.17. The van der Waals surface area contributed by atoms with Gasteiger partial charge in [0.1, 0.15) is 0 Å². The van der Waals surface area contributed by atoms with Gasteiger partial charge in [-0.2, -0.15) is 4.68 Å². The maximum Gasteiger partial charge on any atom is 0.187 e. The molecule has 2 aromatic carbocycles. The highest BCUT2D eigenvalue weighted by molar-refractivity contribution is 7.98. The number of nitrogens with zero attached hydrogens (tertiary/aromatic N) is 4. The maximum atomic E-state index is 5.71. The van der Waals surface area contributed by atoms with E-state index in [-0.39, 0.29) is 0 Å². The van der Waals surface area contributed by atoms with E-state index in [1.165, 1.54) is 4.90 Å². The first-order valence-electron chi connectivity index (χ1n) is 6.06. The summed E-state index contributed by atoms with van der Waals surface area (Å²) >= 11 is 1.69. The van der Waals surface area contributed by atoms with E-state index in [1.54, 1.807) is 16.4 Å². The first-order valence-corrected chi connectivity index (χ1v) is 7.29. The third kappa shape index (κ3) is 2.37. The lowest BCUT2D eigenvalue weighted by molar-refractivity contribution is 0.789. The molecular weight excluding hydrogens is 270 g/mol. The molecule has 0 fully saturated rings. The molecule has 6 heteroatoms. The van der Waals surface area contributed by atoms with E-state index in [0.29, 0.717) is 5.82 Å². The van der Waals surface area contributed by atoms with E-state index in [2.05, 4.69) is 27.7 Å². The highest BCUT2D eigenvalue weighted by atomic mass is 32.2. The van der Waals surface area contributed by atoms with E-state index in [1.807, 2.05) is 42.7 Å². The Labute approximate surface area is 120 Å². The topological polar surface area (TPSA) is 69.6 Å². The molecule has 2 N–H and O–H groups in total. The average Bonchev–Trinajstić information content (AvgIpc) is 2.97. The van der Waals surface area contributed by atoms with Crippen molar-refractivity contribution in [1.82, 2.24) is 20.2 Å². The van der Waals surface area contributed by atoms with Crippen molar-refractivity contribution in [2.75, 3.05) is 12.0 Å². The lowest BCUT2D eigenvalue weighted by Crippen LogP contribution is -2.00. The average molecular weight is 283 g/mol. The molecule has 0 saturated carbocycles. The van der Waals surface area contributed by atoms with Gasteiger partial charge < -0.3 is 5.73 Å². The molecule has 0 bridgehead atoms. The lowest BCUT2D eigenvalue weighted by Gasteiger charge is -2.06. The van der Waals surface area contributed by atoms with E-state index >= 15 is 0 Å². The number of hydrogen-bond donors (Lipinski definition) is 1. The fourth-order valence-corrected chi connectivity index (χ4v) is 2.37. The van der Waals surface area contributed by atoms with Gasteiger partial charge in [-0.15, -0.1) is 16.9 Å². The molecule has 3 rings (SSSR count). The van der Waals surface area contributed by atoms with Gasteiger partial charge in [0.05, 0.1) is 5.69 Å². The number of hydrogen-bond acceptors (Lipinski definition) is 5. The van der Waals surface area contributed by atoms with Gasteiger partial charge in [-0.05, 0) is 59.1 Å². The van der Waals surface area contributed by atoms with Crippen molar-refractivity contribution in [1.29, 1.82) is 0 Å². The molecule has 1 heterocycles. The molecule has 0 unspecified atom stereocenters. The van der Waals surface area contributed by atoms with Crippen molar-refractivity contribution in [3.63, 3.8) is 0 Å². The van der Waals surface area contributed by atoms with Gasteiger partial charge in [0.25, 0.3) is 0 Å². The highest BCUT2D eigenvalue weighted by Crippen LogP contribution is 2.23. The first kappa shape index (κ1) is 12.7. The Balaban J connectivity index is 2.07. The number of nitrogens with two attached hydrogens (primary N) is 1. The molecule has 0 aliphatic rings. The Kier molecular flexibility index (Phi) is 3.39. The molecule has 0 radical (unpaired) electrons. The van der Waals surface area contributed by atoms with E-state index in [9.17, 15) is 0 Å². The first-order chi connectivity index (χ1) is 9.78. The van der Waals surface area contributed by atoms with Crippen LogP contribution in [0.5, 0.6) is 0 Å². The van der Waals surface area contributed by atoms with Crippen LogP contribution in [0.2, 0.25) is 0 Å². The van der Waals surface area contributed by atoms with Crippen LogP contribution in [-0.4, -0.2) is 26.5 Å². The Morgan fingerprint density at radius 3 is 2.65 bits per heavy atom. The van der Waals surface area contributed by atoms with Crippen LogP contribution in [-0.2, 0) is 0 Å². The smallest absolute Gasteiger partial charge is 0.187 e. The van der Waals surface area contributed by atoms with Gasteiger partial charge in [0.2, 0.25) is 0 Å². The Hall–Kier alpha value is -2.34. The summed E-state index contributed by atoms with van der Waals surface area (Å²) in [7, 11) is 0. The number of benzene rings is 2. The summed E-state index contributed by atoms with van der Waals surface area (Å²) in [5, 5.41) is 12.0. The molecule has 0 aliphatic heterocycles. The standard InChI is InChI=1S/C14H13N5S/c1-20-13-4-2-3-12(9-13)19-14(16-17-18-19)10-5-7-11(15)8-6-10/h2-9H,15H2,1H3. The maximum absolute atomic E-state index is 5.71. The van der Waals surface area contributed by atoms with Crippen molar-refractivity contribution in [2.45, 2.75) is 4.90 Å². The summed E-state index contributed by atoms with van der Waals surface area (Å²) < 4.78 is 1.73. The summed E-state index contributed by atoms with van der Waals surface area (Å²) in [6.45, 7) is 0. The van der Waals surface area contributed by atoms with Gasteiger partial charge in [-0.25, -0.2) is 0 Å². The molecule has 0 spiro atoms. The predicted octanol–water partition coefficient (Wildman–Crippen LogP) is 2.63. The van der Waals surface area contributed by atoms with Gasteiger partial charge in [-0.1, -0.05) is 6.07 Å². The minimum atomic E-state index is 0.697. The number of nitrogen functional groups attached to an aromatic ring is 1. The van der Waals surface area contributed by atoms with Crippen LogP contribution >= 0.6 is 11.8 Å². The molecule has 1 aromatic heterocycles. The molecule has 5 nitrogen and oxygen atoms in total. The highest BCUT2D eigenvalue weighted by Gasteiger charge is 2.10. The van der Waals surface area contributed by atoms with Gasteiger partial charge in [0, 0.05) is 16.1 Å². The summed E-state index contributed by atoms with van der Waals surface area (Å²) in [5.41, 5.74) is 8.29. The zero-order valence-corrected chi connectivity index (χ0v) is 11.7. The third-order valence-electron chi connectivity index (χ3n) is 2.94. The van der Waals surface area contributed by atoms with E-state index < -0.39 is 0 Å². The number of tetrazole rings is 1. The Bertz CT molecular complexity index is 720. The minimum absolute atomic E-state index is 0.697. The van der Waals surface area contributed by atoms with E-state index in [4.69, 9.17) is 5.73 Å². The number of thioether (sulfide) groups is 1. The fourth-order valence-electron chi connectivity index (χ4n) is 1.92. The number of anilines is 1. The summed E-state index contributed by atoms with van der Waals surface area (Å²) in [6.07, 6.45) is 2.04. The van der Waals surface area contributed by atoms with Crippen LogP contribution < -0.4 is 5.73 Å². The van der Waals surface area contributed by atoms with Crippen LogP contribution in [0.3, 0.4) is 0 Å². The largest absolute Gasteiger partial charge is 0.399 e. The second-order valence-corrected chi connectivity index (χ2v) is 5.12. The molecule has 0 atom stereocenters. The zero-order chi connectivity index (χ0) is 13.9. The third-order valence-corrected chi connectivity index (χ3v) is 3.66. The predicted molar refractivity (Wildman–Crippen MR) is 80.8 cm³/mol. The summed E-state index contributed by atoms with van der Waals surface area (Å²) in [6, 6.07) is 15.6. The van der Waals surface area contributed by atoms with Gasteiger partial charge in [0.15, 0.2) is 5.82 Å². The van der Waals surface area contributed by atoms with Crippen LogP contribution in [0, 0.1) is 0 Å². The zero-order valence-electron chi connectivity index (χ0n) is 10.9.